The van der Waals surface area contributed by atoms with E-state index in [1.807, 2.05) is 12.1 Å². The molecule has 0 radical (unpaired) electrons. The highest BCUT2D eigenvalue weighted by molar-refractivity contribution is 6.00. The van der Waals surface area contributed by atoms with Gasteiger partial charge in [0.15, 0.2) is 17.2 Å². The van der Waals surface area contributed by atoms with Crippen molar-refractivity contribution in [2.75, 3.05) is 35.7 Å². The molecule has 9 nitrogen and oxygen atoms in total. The van der Waals surface area contributed by atoms with Crippen LogP contribution < -0.4 is 20.3 Å². The summed E-state index contributed by atoms with van der Waals surface area (Å²) < 4.78 is 6.11. The van der Waals surface area contributed by atoms with Gasteiger partial charge in [0.2, 0.25) is 5.95 Å². The Morgan fingerprint density at radius 3 is 2.75 bits per heavy atom. The summed E-state index contributed by atoms with van der Waals surface area (Å²) in [6.45, 7) is 4.41. The zero-order valence-corrected chi connectivity index (χ0v) is 20.5. The molecule has 2 atom stereocenters. The number of pyridine rings is 1. The van der Waals surface area contributed by atoms with Crippen molar-refractivity contribution < 1.29 is 9.53 Å². The van der Waals surface area contributed by atoms with Crippen LogP contribution in [0.2, 0.25) is 0 Å². The van der Waals surface area contributed by atoms with Crippen molar-refractivity contribution in [3.63, 3.8) is 0 Å². The molecule has 4 aliphatic rings. The zero-order valence-electron chi connectivity index (χ0n) is 20.5. The van der Waals surface area contributed by atoms with Crippen LogP contribution in [0.5, 0.6) is 5.75 Å². The summed E-state index contributed by atoms with van der Waals surface area (Å²) in [5.41, 5.74) is 4.32. The summed E-state index contributed by atoms with van der Waals surface area (Å²) >= 11 is 0. The van der Waals surface area contributed by atoms with Gasteiger partial charge < -0.3 is 20.3 Å². The van der Waals surface area contributed by atoms with E-state index in [1.54, 1.807) is 12.4 Å². The van der Waals surface area contributed by atoms with Gasteiger partial charge in [-0.15, -0.1) is 0 Å². The van der Waals surface area contributed by atoms with Crippen molar-refractivity contribution >= 4 is 29.0 Å². The number of anilines is 4. The van der Waals surface area contributed by atoms with Crippen LogP contribution in [0.3, 0.4) is 0 Å². The lowest BCUT2D eigenvalue weighted by Gasteiger charge is -2.42. The molecule has 3 aromatic rings. The minimum atomic E-state index is -0.736. The molecule has 1 aliphatic carbocycles. The summed E-state index contributed by atoms with van der Waals surface area (Å²) in [6.07, 6.45) is 7.16. The maximum absolute atomic E-state index is 12.4. The zero-order chi connectivity index (χ0) is 24.4. The van der Waals surface area contributed by atoms with Gasteiger partial charge in [0.05, 0.1) is 5.69 Å². The molecule has 1 spiro atoms. The minimum absolute atomic E-state index is 0.0964. The van der Waals surface area contributed by atoms with Gasteiger partial charge in [-0.05, 0) is 75.5 Å². The van der Waals surface area contributed by atoms with Crippen molar-refractivity contribution in [2.45, 2.75) is 50.3 Å². The van der Waals surface area contributed by atoms with Gasteiger partial charge in [0.1, 0.15) is 0 Å². The standard InChI is InChI=1S/C27H29N7O2/c1-16-10-18(4-5-22(16)34-15-19-12-20(34)14-33(19)2)30-26-28-9-6-21(31-26)17-11-23-24(29-13-17)32-25(35)27(36-23)7-3-8-27/h4-6,9-11,13,19-20H,3,7-8,12,14-15H2,1-2H3,(H,28,30,31)(H,29,32,35)/t19-,20-/m0/s1. The molecule has 7 rings (SSSR count). The summed E-state index contributed by atoms with van der Waals surface area (Å²) in [5, 5.41) is 6.25. The van der Waals surface area contributed by atoms with Crippen LogP contribution in [0.15, 0.2) is 42.7 Å². The van der Waals surface area contributed by atoms with E-state index < -0.39 is 5.60 Å². The van der Waals surface area contributed by atoms with Crippen molar-refractivity contribution in [3.05, 3.63) is 48.3 Å². The second-order valence-electron chi connectivity index (χ2n) is 10.5. The van der Waals surface area contributed by atoms with Crippen LogP contribution in [0.4, 0.5) is 23.1 Å². The smallest absolute Gasteiger partial charge is 0.269 e. The quantitative estimate of drug-likeness (QED) is 0.580. The number of fused-ring (bicyclic) bond motifs is 3. The highest BCUT2D eigenvalue weighted by Gasteiger charge is 2.50. The van der Waals surface area contributed by atoms with E-state index >= 15 is 0 Å². The van der Waals surface area contributed by atoms with E-state index in [4.69, 9.17) is 9.72 Å². The Morgan fingerprint density at radius 2 is 2.03 bits per heavy atom. The molecule has 0 unspecified atom stereocenters. The van der Waals surface area contributed by atoms with Gasteiger partial charge in [-0.2, -0.15) is 0 Å². The third-order valence-corrected chi connectivity index (χ3v) is 8.19. The van der Waals surface area contributed by atoms with Crippen molar-refractivity contribution in [1.29, 1.82) is 0 Å². The fourth-order valence-corrected chi connectivity index (χ4v) is 5.99. The molecule has 1 amide bonds. The maximum Gasteiger partial charge on any atom is 0.269 e. The summed E-state index contributed by atoms with van der Waals surface area (Å²) in [5.74, 6) is 1.47. The number of ether oxygens (including phenoxy) is 1. The van der Waals surface area contributed by atoms with E-state index in [2.05, 4.69) is 62.6 Å². The molecule has 184 valence electrons. The molecule has 9 heteroatoms. The number of benzene rings is 1. The molecule has 3 aliphatic heterocycles. The molecule has 2 N–H and O–H groups in total. The molecule has 2 bridgehead atoms. The van der Waals surface area contributed by atoms with Gasteiger partial charge in [-0.3, -0.25) is 9.69 Å². The summed E-state index contributed by atoms with van der Waals surface area (Å²) in [4.78, 5) is 31.0. The van der Waals surface area contributed by atoms with Gasteiger partial charge in [0.25, 0.3) is 5.91 Å². The average Bonchev–Trinajstić information content (AvgIpc) is 3.42. The van der Waals surface area contributed by atoms with Gasteiger partial charge in [-0.25, -0.2) is 15.0 Å². The number of carbonyl (C=O) groups is 1. The Hall–Kier alpha value is -3.72. The molecule has 2 saturated heterocycles. The Morgan fingerprint density at radius 1 is 1.14 bits per heavy atom. The largest absolute Gasteiger partial charge is 0.474 e. The first kappa shape index (κ1) is 21.6. The highest BCUT2D eigenvalue weighted by atomic mass is 16.5. The summed E-state index contributed by atoms with van der Waals surface area (Å²) in [7, 11) is 2.23. The number of nitrogens with zero attached hydrogens (tertiary/aromatic N) is 5. The number of nitrogens with one attached hydrogen (secondary N) is 2. The van der Waals surface area contributed by atoms with Crippen LogP contribution in [-0.2, 0) is 4.79 Å². The number of likely N-dealkylation sites (tertiary alicyclic amines) is 1. The molecule has 3 fully saturated rings. The lowest BCUT2D eigenvalue weighted by atomic mass is 9.78. The van der Waals surface area contributed by atoms with Crippen molar-refractivity contribution in [1.82, 2.24) is 19.9 Å². The molecule has 1 saturated carbocycles. The number of hydrogen-bond donors (Lipinski definition) is 2. The van der Waals surface area contributed by atoms with Crippen molar-refractivity contribution in [3.8, 4) is 17.0 Å². The lowest BCUT2D eigenvalue weighted by Crippen LogP contribution is -2.55. The average molecular weight is 484 g/mol. The predicted molar refractivity (Wildman–Crippen MR) is 138 cm³/mol. The molecule has 5 heterocycles. The fourth-order valence-electron chi connectivity index (χ4n) is 5.99. The Bertz CT molecular complexity index is 1370. The highest BCUT2D eigenvalue weighted by Crippen LogP contribution is 2.44. The molecule has 36 heavy (non-hydrogen) atoms. The van der Waals surface area contributed by atoms with Crippen LogP contribution in [-0.4, -0.2) is 63.6 Å². The number of likely N-dealkylation sites (N-methyl/N-ethyl adjacent to an activating group) is 1. The number of aromatic nitrogens is 3. The van der Waals surface area contributed by atoms with E-state index in [0.29, 0.717) is 29.6 Å². The SMILES string of the molecule is Cc1cc(Nc2nccc(-c3cnc4c(c3)OC3(CCC3)C(=O)N4)n2)ccc1N1C[C@@H]2C[C@H]1CN2C. The van der Waals surface area contributed by atoms with Crippen LogP contribution in [0.1, 0.15) is 31.2 Å². The Labute approximate surface area is 209 Å². The van der Waals surface area contributed by atoms with Crippen LogP contribution in [0.25, 0.3) is 11.3 Å². The number of aryl methyl sites for hydroxylation is 1. The molecular weight excluding hydrogens is 454 g/mol. The lowest BCUT2D eigenvalue weighted by molar-refractivity contribution is -0.140. The second-order valence-corrected chi connectivity index (χ2v) is 10.5. The first-order valence-corrected chi connectivity index (χ1v) is 12.7. The van der Waals surface area contributed by atoms with E-state index in [-0.39, 0.29) is 5.91 Å². The summed E-state index contributed by atoms with van der Waals surface area (Å²) in [6, 6.07) is 11.5. The third kappa shape index (κ3) is 3.41. The maximum atomic E-state index is 12.4. The molecule has 1 aromatic carbocycles. The Kier molecular flexibility index (Phi) is 4.73. The van der Waals surface area contributed by atoms with Crippen molar-refractivity contribution in [2.24, 2.45) is 0 Å². The number of amides is 1. The topological polar surface area (TPSA) is 95.5 Å². The Balaban J connectivity index is 1.10. The van der Waals surface area contributed by atoms with Crippen LogP contribution in [0, 0.1) is 6.92 Å². The van der Waals surface area contributed by atoms with E-state index in [1.165, 1.54) is 17.7 Å². The van der Waals surface area contributed by atoms with Gasteiger partial charge >= 0.3 is 0 Å². The number of hydrogen-bond acceptors (Lipinski definition) is 8. The van der Waals surface area contributed by atoms with Gasteiger partial charge in [-0.1, -0.05) is 0 Å². The molecular formula is C27H29N7O2. The first-order chi connectivity index (χ1) is 17.5. The second kappa shape index (κ2) is 7.89. The number of carbonyl (C=O) groups excluding carboxylic acids is 1. The number of rotatable bonds is 4. The third-order valence-electron chi connectivity index (χ3n) is 8.19. The first-order valence-electron chi connectivity index (χ1n) is 12.7. The number of piperazine rings is 1. The van der Waals surface area contributed by atoms with Crippen LogP contribution >= 0.6 is 0 Å². The predicted octanol–water partition coefficient (Wildman–Crippen LogP) is 3.74. The molecule has 2 aromatic heterocycles. The van der Waals surface area contributed by atoms with E-state index in [0.717, 1.165) is 49.3 Å². The monoisotopic (exact) mass is 483 g/mol. The fraction of sp³-hybridized carbons (Fsp3) is 0.407. The van der Waals surface area contributed by atoms with E-state index in [9.17, 15) is 4.79 Å². The normalized spacial score (nSPS) is 23.7. The van der Waals surface area contributed by atoms with Gasteiger partial charge in [0, 0.05) is 54.5 Å². The minimum Gasteiger partial charge on any atom is -0.474 e.